The third-order valence-corrected chi connectivity index (χ3v) is 2.69. The minimum atomic E-state index is -1.29. The summed E-state index contributed by atoms with van der Waals surface area (Å²) in [6, 6.07) is -1.92. The smallest absolute Gasteiger partial charge is 0.328 e. The maximum Gasteiger partial charge on any atom is 0.328 e. The fraction of sp³-hybridized carbons (Fsp3) is 0.818. The highest BCUT2D eigenvalue weighted by molar-refractivity contribution is 5.86. The summed E-state index contributed by atoms with van der Waals surface area (Å²) in [5.74, 6) is 3.94. The van der Waals surface area contributed by atoms with E-state index in [4.69, 9.17) is 16.1 Å². The Kier molecular flexibility index (Phi) is 8.27. The van der Waals surface area contributed by atoms with Gasteiger partial charge < -0.3 is 15.5 Å². The molecule has 0 saturated carbocycles. The van der Waals surface area contributed by atoms with Crippen molar-refractivity contribution < 1.29 is 19.8 Å². The number of hydrogen-bond acceptors (Lipinski definition) is 5. The topological polar surface area (TPSA) is 116 Å². The van der Waals surface area contributed by atoms with Crippen LogP contribution in [0.2, 0.25) is 0 Å². The third-order valence-electron chi connectivity index (χ3n) is 2.69. The highest BCUT2D eigenvalue weighted by Crippen LogP contribution is 2.00. The van der Waals surface area contributed by atoms with E-state index in [2.05, 4.69) is 12.2 Å². The van der Waals surface area contributed by atoms with Crippen molar-refractivity contribution in [1.82, 2.24) is 10.3 Å². The van der Waals surface area contributed by atoms with Crippen molar-refractivity contribution in [3.05, 3.63) is 0 Å². The molecule has 106 valence electrons. The van der Waals surface area contributed by atoms with Crippen molar-refractivity contribution in [2.75, 3.05) is 13.2 Å². The van der Waals surface area contributed by atoms with Crippen LogP contribution in [0, 0.1) is 0 Å². The number of aliphatic hydroxyl groups excluding tert-OH is 1. The van der Waals surface area contributed by atoms with Crippen molar-refractivity contribution >= 4 is 11.9 Å². The molecule has 0 rings (SSSR count). The Morgan fingerprint density at radius 1 is 1.39 bits per heavy atom. The fourth-order valence-electron chi connectivity index (χ4n) is 1.37. The summed E-state index contributed by atoms with van der Waals surface area (Å²) in [6.45, 7) is 3.58. The van der Waals surface area contributed by atoms with Crippen LogP contribution in [0.5, 0.6) is 0 Å². The number of carbonyl (C=O) groups excluding carboxylic acids is 1. The molecule has 0 aliphatic carbocycles. The van der Waals surface area contributed by atoms with Gasteiger partial charge in [0, 0.05) is 6.54 Å². The van der Waals surface area contributed by atoms with Crippen molar-refractivity contribution in [2.24, 2.45) is 5.84 Å². The second kappa shape index (κ2) is 8.84. The zero-order chi connectivity index (χ0) is 14.1. The van der Waals surface area contributed by atoms with E-state index in [-0.39, 0.29) is 0 Å². The van der Waals surface area contributed by atoms with Gasteiger partial charge in [-0.05, 0) is 13.3 Å². The van der Waals surface area contributed by atoms with E-state index in [9.17, 15) is 9.59 Å². The molecule has 2 atom stereocenters. The van der Waals surface area contributed by atoms with Gasteiger partial charge in [-0.2, -0.15) is 0 Å². The zero-order valence-electron chi connectivity index (χ0n) is 10.9. The fourth-order valence-corrected chi connectivity index (χ4v) is 1.37. The second-order valence-corrected chi connectivity index (χ2v) is 4.20. The average Bonchev–Trinajstić information content (AvgIpc) is 2.34. The van der Waals surface area contributed by atoms with Crippen molar-refractivity contribution in [1.29, 1.82) is 0 Å². The van der Waals surface area contributed by atoms with Crippen molar-refractivity contribution in [3.63, 3.8) is 0 Å². The standard InChI is InChI=1S/C11H23N3O4/c1-3-4-5-6-14(12)8(2)10(16)13-9(7-15)11(17)18/h8-9,15H,3-7,12H2,1-2H3,(H,13,16)(H,17,18). The van der Waals surface area contributed by atoms with Crippen LogP contribution < -0.4 is 11.2 Å². The van der Waals surface area contributed by atoms with Crippen LogP contribution in [-0.2, 0) is 9.59 Å². The lowest BCUT2D eigenvalue weighted by Crippen LogP contribution is -2.53. The van der Waals surface area contributed by atoms with Gasteiger partial charge >= 0.3 is 5.97 Å². The largest absolute Gasteiger partial charge is 0.480 e. The minimum Gasteiger partial charge on any atom is -0.480 e. The first-order valence-corrected chi connectivity index (χ1v) is 6.09. The summed E-state index contributed by atoms with van der Waals surface area (Å²) < 4.78 is 0. The Balaban J connectivity index is 4.19. The SMILES string of the molecule is CCCCCN(N)C(C)C(=O)NC(CO)C(=O)O. The quantitative estimate of drug-likeness (QED) is 0.248. The van der Waals surface area contributed by atoms with Crippen molar-refractivity contribution in [3.8, 4) is 0 Å². The van der Waals surface area contributed by atoms with E-state index in [0.717, 1.165) is 19.3 Å². The van der Waals surface area contributed by atoms with Gasteiger partial charge in [0.15, 0.2) is 0 Å². The number of nitrogens with two attached hydrogens (primary N) is 1. The predicted octanol–water partition coefficient (Wildman–Crippen LogP) is -0.697. The van der Waals surface area contributed by atoms with Crippen LogP contribution in [0.4, 0.5) is 0 Å². The summed E-state index contributed by atoms with van der Waals surface area (Å²) in [5.41, 5.74) is 0. The Morgan fingerprint density at radius 2 is 2.00 bits per heavy atom. The van der Waals surface area contributed by atoms with E-state index in [0.29, 0.717) is 6.54 Å². The highest BCUT2D eigenvalue weighted by Gasteiger charge is 2.24. The molecule has 0 fully saturated rings. The van der Waals surface area contributed by atoms with Crippen LogP contribution in [0.25, 0.3) is 0 Å². The Labute approximate surface area is 107 Å². The highest BCUT2D eigenvalue weighted by atomic mass is 16.4. The molecule has 0 aromatic rings. The molecule has 0 bridgehead atoms. The van der Waals surface area contributed by atoms with Gasteiger partial charge in [-0.15, -0.1) is 0 Å². The predicted molar refractivity (Wildman–Crippen MR) is 66.5 cm³/mol. The number of aliphatic hydroxyl groups is 1. The van der Waals surface area contributed by atoms with Crippen LogP contribution in [0.3, 0.4) is 0 Å². The molecule has 0 radical (unpaired) electrons. The molecule has 0 heterocycles. The van der Waals surface area contributed by atoms with Crippen molar-refractivity contribution in [2.45, 2.75) is 45.2 Å². The number of unbranched alkanes of at least 4 members (excludes halogenated alkanes) is 2. The van der Waals surface area contributed by atoms with Gasteiger partial charge in [-0.3, -0.25) is 10.6 Å². The Hall–Kier alpha value is -1.18. The molecule has 0 aliphatic heterocycles. The first kappa shape index (κ1) is 16.8. The second-order valence-electron chi connectivity index (χ2n) is 4.20. The lowest BCUT2D eigenvalue weighted by Gasteiger charge is -2.24. The molecule has 7 nitrogen and oxygen atoms in total. The Bertz CT molecular complexity index is 273. The molecule has 0 aliphatic rings. The molecular formula is C11H23N3O4. The molecule has 5 N–H and O–H groups in total. The van der Waals surface area contributed by atoms with Gasteiger partial charge in [0.25, 0.3) is 0 Å². The van der Waals surface area contributed by atoms with Crippen LogP contribution >= 0.6 is 0 Å². The first-order chi connectivity index (χ1) is 8.43. The number of aliphatic carboxylic acids is 1. The van der Waals surface area contributed by atoms with Gasteiger partial charge in [-0.25, -0.2) is 9.80 Å². The lowest BCUT2D eigenvalue weighted by atomic mass is 10.2. The Morgan fingerprint density at radius 3 is 2.44 bits per heavy atom. The molecule has 2 unspecified atom stereocenters. The minimum absolute atomic E-state index is 0.504. The van der Waals surface area contributed by atoms with Gasteiger partial charge in [0.1, 0.15) is 6.04 Å². The molecular weight excluding hydrogens is 238 g/mol. The number of nitrogens with zero attached hydrogens (tertiary/aromatic N) is 1. The summed E-state index contributed by atoms with van der Waals surface area (Å²) >= 11 is 0. The van der Waals surface area contributed by atoms with E-state index in [1.165, 1.54) is 5.01 Å². The lowest BCUT2D eigenvalue weighted by molar-refractivity contribution is -0.143. The number of carboxylic acid groups (broad SMARTS) is 1. The van der Waals surface area contributed by atoms with Gasteiger partial charge in [0.05, 0.1) is 12.6 Å². The summed E-state index contributed by atoms with van der Waals surface area (Å²) in [4.78, 5) is 22.3. The third kappa shape index (κ3) is 5.95. The van der Waals surface area contributed by atoms with E-state index >= 15 is 0 Å². The number of carbonyl (C=O) groups is 2. The first-order valence-electron chi connectivity index (χ1n) is 6.09. The molecule has 7 heteroatoms. The molecule has 0 aromatic heterocycles. The molecule has 18 heavy (non-hydrogen) atoms. The number of hydrazine groups is 1. The number of carboxylic acids is 1. The van der Waals surface area contributed by atoms with E-state index in [1.54, 1.807) is 6.92 Å². The number of rotatable bonds is 9. The van der Waals surface area contributed by atoms with Crippen LogP contribution in [0.15, 0.2) is 0 Å². The normalized spacial score (nSPS) is 14.3. The maximum absolute atomic E-state index is 11.7. The van der Waals surface area contributed by atoms with Gasteiger partial charge in [0.2, 0.25) is 5.91 Å². The number of hydrogen-bond donors (Lipinski definition) is 4. The van der Waals surface area contributed by atoms with Crippen LogP contribution in [-0.4, -0.2) is 52.3 Å². The molecule has 0 aromatic carbocycles. The van der Waals surface area contributed by atoms with E-state index in [1.807, 2.05) is 0 Å². The van der Waals surface area contributed by atoms with E-state index < -0.39 is 30.6 Å². The molecule has 1 amide bonds. The summed E-state index contributed by atoms with van der Waals surface area (Å²) in [5, 5.41) is 21.1. The van der Waals surface area contributed by atoms with Crippen LogP contribution in [0.1, 0.15) is 33.1 Å². The molecule has 0 saturated heterocycles. The monoisotopic (exact) mass is 261 g/mol. The average molecular weight is 261 g/mol. The number of nitrogens with one attached hydrogen (secondary N) is 1. The maximum atomic E-state index is 11.7. The molecule has 0 spiro atoms. The summed E-state index contributed by atoms with van der Waals surface area (Å²) in [6.07, 6.45) is 2.96. The van der Waals surface area contributed by atoms with Gasteiger partial charge in [-0.1, -0.05) is 19.8 Å². The number of amides is 1. The zero-order valence-corrected chi connectivity index (χ0v) is 10.9. The summed E-state index contributed by atoms with van der Waals surface area (Å²) in [7, 11) is 0.